The van der Waals surface area contributed by atoms with Gasteiger partial charge in [0.15, 0.2) is 0 Å². The van der Waals surface area contributed by atoms with Crippen LogP contribution in [0.4, 0.5) is 5.13 Å². The highest BCUT2D eigenvalue weighted by atomic mass is 32.1. The highest BCUT2D eigenvalue weighted by molar-refractivity contribution is 7.15. The van der Waals surface area contributed by atoms with Gasteiger partial charge in [-0.1, -0.05) is 56.4 Å². The van der Waals surface area contributed by atoms with Gasteiger partial charge in [-0.15, -0.1) is 10.2 Å². The Morgan fingerprint density at radius 1 is 1.03 bits per heavy atom. The lowest BCUT2D eigenvalue weighted by Gasteiger charge is -2.33. The van der Waals surface area contributed by atoms with E-state index in [1.807, 2.05) is 24.0 Å². The summed E-state index contributed by atoms with van der Waals surface area (Å²) >= 11 is 1.40. The summed E-state index contributed by atoms with van der Waals surface area (Å²) < 4.78 is 0. The maximum Gasteiger partial charge on any atom is 0.259 e. The lowest BCUT2D eigenvalue weighted by molar-refractivity contribution is -0.133. The van der Waals surface area contributed by atoms with E-state index in [2.05, 4.69) is 60.6 Å². The molecule has 8 heteroatoms. The van der Waals surface area contributed by atoms with Crippen molar-refractivity contribution in [2.24, 2.45) is 5.92 Å². The molecule has 5 rings (SSSR count). The van der Waals surface area contributed by atoms with E-state index in [4.69, 9.17) is 4.98 Å². The molecule has 1 saturated heterocycles. The van der Waals surface area contributed by atoms with Crippen molar-refractivity contribution in [1.82, 2.24) is 20.1 Å². The molecule has 3 aromatic rings. The fourth-order valence-electron chi connectivity index (χ4n) is 5.39. The van der Waals surface area contributed by atoms with Crippen molar-refractivity contribution in [2.45, 2.75) is 71.1 Å². The number of piperidine rings is 1. The Kier molecular flexibility index (Phi) is 7.12. The summed E-state index contributed by atoms with van der Waals surface area (Å²) in [6.45, 7) is 9.57. The molecule has 0 radical (unpaired) electrons. The summed E-state index contributed by atoms with van der Waals surface area (Å²) in [6, 6.07) is 12.3. The molecule has 2 aliphatic rings. The highest BCUT2D eigenvalue weighted by Crippen LogP contribution is 2.33. The summed E-state index contributed by atoms with van der Waals surface area (Å²) in [5, 5.41) is 12.7. The van der Waals surface area contributed by atoms with Crippen molar-refractivity contribution < 1.29 is 9.59 Å². The average Bonchev–Trinajstić information content (AvgIpc) is 3.50. The molecule has 1 aromatic carbocycles. The lowest BCUT2D eigenvalue weighted by Crippen LogP contribution is -2.39. The van der Waals surface area contributed by atoms with Crippen LogP contribution in [0.1, 0.15) is 83.8 Å². The minimum absolute atomic E-state index is 0.121. The number of benzene rings is 1. The minimum Gasteiger partial charge on any atom is -0.343 e. The van der Waals surface area contributed by atoms with E-state index in [0.29, 0.717) is 36.1 Å². The molecule has 1 aliphatic heterocycles. The van der Waals surface area contributed by atoms with Crippen LogP contribution in [0.2, 0.25) is 0 Å². The summed E-state index contributed by atoms with van der Waals surface area (Å²) in [6.07, 6.45) is 4.21. The Hall–Kier alpha value is -3.13. The van der Waals surface area contributed by atoms with Crippen molar-refractivity contribution in [3.05, 3.63) is 69.5 Å². The molecular formula is C29H35N5O2S. The monoisotopic (exact) mass is 517 g/mol. The molecule has 3 heterocycles. The summed E-state index contributed by atoms with van der Waals surface area (Å²) in [5.74, 6) is 0.575. The van der Waals surface area contributed by atoms with Crippen molar-refractivity contribution in [3.63, 3.8) is 0 Å². The van der Waals surface area contributed by atoms with Crippen molar-refractivity contribution >= 4 is 28.3 Å². The van der Waals surface area contributed by atoms with Crippen LogP contribution >= 0.6 is 11.3 Å². The van der Waals surface area contributed by atoms with Gasteiger partial charge < -0.3 is 4.90 Å². The minimum atomic E-state index is -0.210. The molecule has 1 fully saturated rings. The highest BCUT2D eigenvalue weighted by Gasteiger charge is 2.31. The van der Waals surface area contributed by atoms with E-state index >= 15 is 0 Å². The first kappa shape index (κ1) is 25.5. The number of hydrogen-bond donors (Lipinski definition) is 1. The number of likely N-dealkylation sites (tertiary alicyclic amines) is 1. The fourth-order valence-corrected chi connectivity index (χ4v) is 6.19. The third-order valence-corrected chi connectivity index (χ3v) is 8.69. The van der Waals surface area contributed by atoms with Gasteiger partial charge in [0.25, 0.3) is 5.91 Å². The zero-order chi connectivity index (χ0) is 26.2. The number of amides is 2. The van der Waals surface area contributed by atoms with Gasteiger partial charge in [-0.25, -0.2) is 0 Å². The number of pyridine rings is 1. The molecule has 0 spiro atoms. The quantitative estimate of drug-likeness (QED) is 0.496. The number of rotatable bonds is 5. The number of carbonyl (C=O) groups excluding carboxylic acids is 2. The summed E-state index contributed by atoms with van der Waals surface area (Å²) in [7, 11) is 0. The van der Waals surface area contributed by atoms with Gasteiger partial charge in [-0.05, 0) is 61.8 Å². The molecule has 2 amide bonds. The Labute approximate surface area is 222 Å². The Balaban J connectivity index is 1.21. The van der Waals surface area contributed by atoms with Crippen molar-refractivity contribution in [3.8, 4) is 0 Å². The Bertz CT molecular complexity index is 1280. The van der Waals surface area contributed by atoms with Crippen LogP contribution in [-0.2, 0) is 23.1 Å². The number of aromatic nitrogens is 3. The third-order valence-electron chi connectivity index (χ3n) is 7.43. The predicted octanol–water partition coefficient (Wildman–Crippen LogP) is 5.30. The van der Waals surface area contributed by atoms with Gasteiger partial charge in [0.2, 0.25) is 11.0 Å². The summed E-state index contributed by atoms with van der Waals surface area (Å²) in [5.41, 5.74) is 4.93. The van der Waals surface area contributed by atoms with E-state index in [0.717, 1.165) is 42.1 Å². The van der Waals surface area contributed by atoms with Gasteiger partial charge in [0.05, 0.1) is 11.3 Å². The van der Waals surface area contributed by atoms with Crippen LogP contribution in [0.25, 0.3) is 0 Å². The van der Waals surface area contributed by atoms with E-state index in [1.165, 1.54) is 22.5 Å². The van der Waals surface area contributed by atoms with E-state index < -0.39 is 0 Å². The summed E-state index contributed by atoms with van der Waals surface area (Å²) in [4.78, 5) is 33.1. The van der Waals surface area contributed by atoms with Crippen LogP contribution < -0.4 is 5.32 Å². The average molecular weight is 518 g/mol. The van der Waals surface area contributed by atoms with Gasteiger partial charge >= 0.3 is 0 Å². The number of carbonyl (C=O) groups is 2. The molecule has 2 aromatic heterocycles. The van der Waals surface area contributed by atoms with Crippen LogP contribution in [-0.4, -0.2) is 45.0 Å². The first-order chi connectivity index (χ1) is 17.7. The topological polar surface area (TPSA) is 88.1 Å². The zero-order valence-electron chi connectivity index (χ0n) is 22.1. The molecule has 0 unspecified atom stereocenters. The second-order valence-electron chi connectivity index (χ2n) is 11.4. The van der Waals surface area contributed by atoms with Crippen LogP contribution in [0.3, 0.4) is 0 Å². The van der Waals surface area contributed by atoms with E-state index in [1.54, 1.807) is 0 Å². The maximum absolute atomic E-state index is 13.2. The van der Waals surface area contributed by atoms with Crippen molar-refractivity contribution in [1.29, 1.82) is 0 Å². The first-order valence-electron chi connectivity index (χ1n) is 13.1. The lowest BCUT2D eigenvalue weighted by atomic mass is 9.89. The molecule has 0 bridgehead atoms. The molecule has 7 nitrogen and oxygen atoms in total. The zero-order valence-corrected chi connectivity index (χ0v) is 22.9. The van der Waals surface area contributed by atoms with Gasteiger partial charge in [0.1, 0.15) is 5.01 Å². The normalized spacial score (nSPS) is 16.6. The first-order valence-corrected chi connectivity index (χ1v) is 14.0. The molecule has 1 aliphatic carbocycles. The van der Waals surface area contributed by atoms with Crippen LogP contribution in [0.15, 0.2) is 36.4 Å². The third kappa shape index (κ3) is 5.74. The Morgan fingerprint density at radius 3 is 2.32 bits per heavy atom. The number of fused-ring (bicyclic) bond motifs is 1. The maximum atomic E-state index is 13.2. The van der Waals surface area contributed by atoms with Crippen LogP contribution in [0.5, 0.6) is 0 Å². The molecule has 37 heavy (non-hydrogen) atoms. The molecular weight excluding hydrogens is 482 g/mol. The standard InChI is InChI=1S/C29H35N5O2S/c1-18-9-10-23(26(36)31-28-33-32-27(37-28)29(2,3)4)25(30-18)20-11-13-34(14-12-20)24(35)17-19-15-21-7-5-6-8-22(21)16-19/h5-10,19-20H,11-17H2,1-4H3,(H,31,33,36). The Morgan fingerprint density at radius 2 is 1.70 bits per heavy atom. The SMILES string of the molecule is Cc1ccc(C(=O)Nc2nnc(C(C)(C)C)s2)c(C2CCN(C(=O)CC3Cc4ccccc4C3)CC2)n1. The number of aryl methyl sites for hydroxylation is 1. The van der Waals surface area contributed by atoms with Gasteiger partial charge in [-0.2, -0.15) is 0 Å². The number of nitrogens with one attached hydrogen (secondary N) is 1. The largest absolute Gasteiger partial charge is 0.343 e. The van der Waals surface area contributed by atoms with Crippen molar-refractivity contribution in [2.75, 3.05) is 18.4 Å². The van der Waals surface area contributed by atoms with Gasteiger partial charge in [0, 0.05) is 36.5 Å². The number of hydrogen-bond acceptors (Lipinski definition) is 6. The van der Waals surface area contributed by atoms with E-state index in [-0.39, 0.29) is 23.1 Å². The molecule has 194 valence electrons. The van der Waals surface area contributed by atoms with E-state index in [9.17, 15) is 9.59 Å². The van der Waals surface area contributed by atoms with Gasteiger partial charge in [-0.3, -0.25) is 19.9 Å². The fraction of sp³-hybridized carbons (Fsp3) is 0.483. The number of nitrogens with zero attached hydrogens (tertiary/aromatic N) is 4. The molecule has 0 saturated carbocycles. The second kappa shape index (κ2) is 10.3. The smallest absolute Gasteiger partial charge is 0.259 e. The predicted molar refractivity (Wildman–Crippen MR) is 146 cm³/mol. The van der Waals surface area contributed by atoms with Crippen LogP contribution in [0, 0.1) is 12.8 Å². The number of anilines is 1. The molecule has 1 N–H and O–H groups in total. The second-order valence-corrected chi connectivity index (χ2v) is 12.4. The molecule has 0 atom stereocenters.